The van der Waals surface area contributed by atoms with Gasteiger partial charge in [0.1, 0.15) is 5.78 Å². The maximum Gasteiger partial charge on any atom is 0.165 e. The monoisotopic (exact) mass is 204 g/mol. The van der Waals surface area contributed by atoms with E-state index in [0.717, 1.165) is 24.8 Å². The van der Waals surface area contributed by atoms with Crippen LogP contribution in [0.3, 0.4) is 0 Å². The van der Waals surface area contributed by atoms with Crippen LogP contribution in [0.4, 0.5) is 0 Å². The molecular weight excluding hydrogens is 188 g/mol. The molecule has 2 atom stereocenters. The van der Waals surface area contributed by atoms with Crippen LogP contribution in [0.5, 0.6) is 0 Å². The number of fused-ring (bicyclic) bond motifs is 2. The zero-order valence-electron chi connectivity index (χ0n) is 9.14. The molecule has 0 radical (unpaired) electrons. The van der Waals surface area contributed by atoms with Gasteiger partial charge in [0.25, 0.3) is 0 Å². The standard InChI is InChI=1S/C13H16O2/c1-13-7-8(14)6-11(13)9-4-2-3-5-10(9)12(13)15/h11H,2-7H2,1H3/t11-,13-/m0/s1. The predicted molar refractivity (Wildman–Crippen MR) is 56.3 cm³/mol. The number of allylic oxidation sites excluding steroid dienone is 2. The zero-order chi connectivity index (χ0) is 10.6. The van der Waals surface area contributed by atoms with E-state index in [1.165, 1.54) is 12.0 Å². The Morgan fingerprint density at radius 3 is 2.73 bits per heavy atom. The fraction of sp³-hybridized carbons (Fsp3) is 0.692. The quantitative estimate of drug-likeness (QED) is 0.607. The molecule has 80 valence electrons. The van der Waals surface area contributed by atoms with Crippen LogP contribution in [-0.4, -0.2) is 11.6 Å². The van der Waals surface area contributed by atoms with Crippen molar-refractivity contribution in [1.29, 1.82) is 0 Å². The molecule has 2 heteroatoms. The smallest absolute Gasteiger partial charge is 0.165 e. The van der Waals surface area contributed by atoms with Crippen molar-refractivity contribution in [1.82, 2.24) is 0 Å². The minimum Gasteiger partial charge on any atom is -0.300 e. The minimum atomic E-state index is -0.341. The first-order chi connectivity index (χ1) is 7.13. The van der Waals surface area contributed by atoms with E-state index >= 15 is 0 Å². The summed E-state index contributed by atoms with van der Waals surface area (Å²) in [6, 6.07) is 0. The van der Waals surface area contributed by atoms with Gasteiger partial charge in [-0.2, -0.15) is 0 Å². The molecule has 0 aromatic carbocycles. The Hall–Kier alpha value is -0.920. The van der Waals surface area contributed by atoms with Crippen LogP contribution in [0.2, 0.25) is 0 Å². The highest BCUT2D eigenvalue weighted by Gasteiger charge is 2.55. The van der Waals surface area contributed by atoms with Gasteiger partial charge in [0.15, 0.2) is 5.78 Å². The van der Waals surface area contributed by atoms with Gasteiger partial charge in [-0.25, -0.2) is 0 Å². The lowest BCUT2D eigenvalue weighted by molar-refractivity contribution is -0.126. The van der Waals surface area contributed by atoms with Gasteiger partial charge in [-0.05, 0) is 31.3 Å². The second kappa shape index (κ2) is 2.81. The minimum absolute atomic E-state index is 0.271. The second-order valence-electron chi connectivity index (χ2n) is 5.43. The molecule has 0 spiro atoms. The van der Waals surface area contributed by atoms with E-state index < -0.39 is 0 Å². The third kappa shape index (κ3) is 1.05. The van der Waals surface area contributed by atoms with Crippen molar-refractivity contribution in [3.8, 4) is 0 Å². The molecule has 15 heavy (non-hydrogen) atoms. The summed E-state index contributed by atoms with van der Waals surface area (Å²) in [5.74, 6) is 0.855. The summed E-state index contributed by atoms with van der Waals surface area (Å²) in [6.45, 7) is 2.00. The highest BCUT2D eigenvalue weighted by Crippen LogP contribution is 2.56. The van der Waals surface area contributed by atoms with Gasteiger partial charge in [-0.3, -0.25) is 9.59 Å². The van der Waals surface area contributed by atoms with Crippen LogP contribution in [0.15, 0.2) is 11.1 Å². The van der Waals surface area contributed by atoms with Crippen LogP contribution in [0.1, 0.15) is 45.4 Å². The fourth-order valence-electron chi connectivity index (χ4n) is 3.72. The van der Waals surface area contributed by atoms with Gasteiger partial charge in [-0.15, -0.1) is 0 Å². The summed E-state index contributed by atoms with van der Waals surface area (Å²) >= 11 is 0. The van der Waals surface area contributed by atoms with Crippen molar-refractivity contribution < 1.29 is 9.59 Å². The van der Waals surface area contributed by atoms with Gasteiger partial charge in [0, 0.05) is 24.2 Å². The molecule has 0 N–H and O–H groups in total. The number of ketones is 2. The van der Waals surface area contributed by atoms with Crippen LogP contribution in [0, 0.1) is 11.3 Å². The third-order valence-electron chi connectivity index (χ3n) is 4.49. The van der Waals surface area contributed by atoms with Gasteiger partial charge >= 0.3 is 0 Å². The Kier molecular flexibility index (Phi) is 1.74. The first-order valence-corrected chi connectivity index (χ1v) is 5.91. The average molecular weight is 204 g/mol. The molecule has 1 fully saturated rings. The normalized spacial score (nSPS) is 39.7. The number of hydrogen-bond acceptors (Lipinski definition) is 2. The lowest BCUT2D eigenvalue weighted by atomic mass is 9.78. The van der Waals surface area contributed by atoms with Gasteiger partial charge < -0.3 is 0 Å². The van der Waals surface area contributed by atoms with E-state index in [2.05, 4.69) is 0 Å². The number of rotatable bonds is 0. The Bertz CT molecular complexity index is 391. The molecule has 2 nitrogen and oxygen atoms in total. The fourth-order valence-corrected chi connectivity index (χ4v) is 3.72. The molecule has 0 unspecified atom stereocenters. The van der Waals surface area contributed by atoms with E-state index in [1.807, 2.05) is 6.92 Å². The summed E-state index contributed by atoms with van der Waals surface area (Å²) < 4.78 is 0. The number of carbonyl (C=O) groups excluding carboxylic acids is 2. The molecule has 0 heterocycles. The predicted octanol–water partition coefficient (Wildman–Crippen LogP) is 2.43. The van der Waals surface area contributed by atoms with Crippen LogP contribution in [-0.2, 0) is 9.59 Å². The lowest BCUT2D eigenvalue weighted by Gasteiger charge is -2.22. The van der Waals surface area contributed by atoms with Gasteiger partial charge in [0.05, 0.1) is 0 Å². The van der Waals surface area contributed by atoms with Crippen LogP contribution >= 0.6 is 0 Å². The van der Waals surface area contributed by atoms with Crippen LogP contribution in [0.25, 0.3) is 0 Å². The Balaban J connectivity index is 2.08. The lowest BCUT2D eigenvalue weighted by Crippen LogP contribution is -2.26. The highest BCUT2D eigenvalue weighted by atomic mass is 16.1. The molecule has 0 bridgehead atoms. The highest BCUT2D eigenvalue weighted by molar-refractivity contribution is 6.08. The van der Waals surface area contributed by atoms with Crippen LogP contribution < -0.4 is 0 Å². The van der Waals surface area contributed by atoms with Crippen molar-refractivity contribution in [2.45, 2.75) is 45.4 Å². The first kappa shape index (κ1) is 9.32. The van der Waals surface area contributed by atoms with E-state index in [1.54, 1.807) is 0 Å². The number of carbonyl (C=O) groups is 2. The van der Waals surface area contributed by atoms with Crippen molar-refractivity contribution in [3.63, 3.8) is 0 Å². The molecule has 0 aliphatic heterocycles. The molecule has 0 aromatic heterocycles. The Labute approximate surface area is 89.7 Å². The maximum absolute atomic E-state index is 12.3. The summed E-state index contributed by atoms with van der Waals surface area (Å²) in [5, 5.41) is 0. The number of hydrogen-bond donors (Lipinski definition) is 0. The largest absolute Gasteiger partial charge is 0.300 e. The average Bonchev–Trinajstić information content (AvgIpc) is 2.62. The van der Waals surface area contributed by atoms with E-state index in [0.29, 0.717) is 18.6 Å². The van der Waals surface area contributed by atoms with Crippen molar-refractivity contribution in [2.75, 3.05) is 0 Å². The second-order valence-corrected chi connectivity index (χ2v) is 5.43. The first-order valence-electron chi connectivity index (χ1n) is 5.91. The summed E-state index contributed by atoms with van der Waals surface area (Å²) in [4.78, 5) is 23.8. The van der Waals surface area contributed by atoms with E-state index in [9.17, 15) is 9.59 Å². The Morgan fingerprint density at radius 1 is 1.20 bits per heavy atom. The summed E-state index contributed by atoms with van der Waals surface area (Å²) in [6.07, 6.45) is 5.50. The maximum atomic E-state index is 12.3. The van der Waals surface area contributed by atoms with Gasteiger partial charge in [-0.1, -0.05) is 12.5 Å². The topological polar surface area (TPSA) is 34.1 Å². The Morgan fingerprint density at radius 2 is 1.93 bits per heavy atom. The summed E-state index contributed by atoms with van der Waals surface area (Å²) in [7, 11) is 0. The molecule has 0 saturated heterocycles. The molecule has 3 aliphatic carbocycles. The molecule has 3 rings (SSSR count). The molecular formula is C13H16O2. The zero-order valence-corrected chi connectivity index (χ0v) is 9.14. The SMILES string of the molecule is C[C@]12CC(=O)C[C@H]1C1=C(CCCC1)C2=O. The molecule has 0 amide bonds. The van der Waals surface area contributed by atoms with Crippen molar-refractivity contribution in [3.05, 3.63) is 11.1 Å². The molecule has 3 aliphatic rings. The molecule has 0 aromatic rings. The molecule has 1 saturated carbocycles. The number of Topliss-reactive ketones (excluding diaryl/α,β-unsaturated/α-hetero) is 2. The van der Waals surface area contributed by atoms with Gasteiger partial charge in [0.2, 0.25) is 0 Å². The van der Waals surface area contributed by atoms with E-state index in [4.69, 9.17) is 0 Å². The van der Waals surface area contributed by atoms with Crippen molar-refractivity contribution in [2.24, 2.45) is 11.3 Å². The third-order valence-corrected chi connectivity index (χ3v) is 4.49. The van der Waals surface area contributed by atoms with Crippen molar-refractivity contribution >= 4 is 11.6 Å². The summed E-state index contributed by atoms with van der Waals surface area (Å²) in [5.41, 5.74) is 2.10. The van der Waals surface area contributed by atoms with E-state index in [-0.39, 0.29) is 17.1 Å².